The van der Waals surface area contributed by atoms with Crippen molar-refractivity contribution in [1.29, 1.82) is 0 Å². The highest BCUT2D eigenvalue weighted by Gasteiger charge is 2.28. The van der Waals surface area contributed by atoms with Crippen LogP contribution in [-0.4, -0.2) is 35.2 Å². The topological polar surface area (TPSA) is 106 Å². The first-order chi connectivity index (χ1) is 6.04. The van der Waals surface area contributed by atoms with Gasteiger partial charge in [0.05, 0.1) is 6.04 Å². The zero-order valence-electron chi connectivity index (χ0n) is 7.14. The van der Waals surface area contributed by atoms with Crippen LogP contribution in [0.3, 0.4) is 0 Å². The third-order valence-corrected chi connectivity index (χ3v) is 2.05. The molecule has 0 spiro atoms. The Bertz CT molecular complexity index is 198. The minimum Gasteiger partial charge on any atom is -0.481 e. The monoisotopic (exact) mass is 206 g/mol. The van der Waals surface area contributed by atoms with E-state index >= 15 is 0 Å². The third kappa shape index (κ3) is 3.75. The number of aliphatic carboxylic acids is 1. The van der Waals surface area contributed by atoms with Crippen LogP contribution in [0.15, 0.2) is 0 Å². The molecule has 0 aromatic rings. The molecule has 76 valence electrons. The van der Waals surface area contributed by atoms with Crippen LogP contribution in [0, 0.1) is 5.92 Å². The van der Waals surface area contributed by atoms with Crippen molar-refractivity contribution in [2.75, 3.05) is 12.3 Å². The second-order valence-electron chi connectivity index (χ2n) is 2.66. The molecule has 0 aromatic heterocycles. The Balaban J connectivity index is 4.36. The van der Waals surface area contributed by atoms with Crippen molar-refractivity contribution in [3.63, 3.8) is 0 Å². The van der Waals surface area contributed by atoms with Crippen molar-refractivity contribution in [2.24, 2.45) is 17.4 Å². The molecule has 0 heterocycles. The molecule has 6 heteroatoms. The molecule has 0 saturated carbocycles. The van der Waals surface area contributed by atoms with Crippen LogP contribution in [0.25, 0.3) is 0 Å². The molecule has 1 unspecified atom stereocenters. The summed E-state index contributed by atoms with van der Waals surface area (Å²) in [6.07, 6.45) is 0.121. The molecule has 0 aromatic carbocycles. The lowest BCUT2D eigenvalue weighted by Crippen LogP contribution is -2.41. The summed E-state index contributed by atoms with van der Waals surface area (Å²) >= 11 is 3.82. The number of carbonyl (C=O) groups is 2. The SMILES string of the molecule is NCCC(C(=O)O)C(=O)[C@H](N)CS. The Morgan fingerprint density at radius 3 is 2.31 bits per heavy atom. The smallest absolute Gasteiger partial charge is 0.314 e. The highest BCUT2D eigenvalue weighted by atomic mass is 32.1. The number of rotatable bonds is 6. The van der Waals surface area contributed by atoms with E-state index in [1.54, 1.807) is 0 Å². The van der Waals surface area contributed by atoms with Crippen LogP contribution in [0.4, 0.5) is 0 Å². The Labute approximate surface area is 81.9 Å². The van der Waals surface area contributed by atoms with Crippen molar-refractivity contribution in [2.45, 2.75) is 12.5 Å². The van der Waals surface area contributed by atoms with Gasteiger partial charge in [0.1, 0.15) is 5.92 Å². The Kier molecular flexibility index (Phi) is 5.68. The summed E-state index contributed by atoms with van der Waals surface area (Å²) in [5.74, 6) is -2.62. The molecule has 0 rings (SSSR count). The van der Waals surface area contributed by atoms with Gasteiger partial charge in [-0.2, -0.15) is 12.6 Å². The molecule has 0 aliphatic heterocycles. The first-order valence-corrected chi connectivity index (χ1v) is 4.50. The lowest BCUT2D eigenvalue weighted by molar-refractivity contribution is -0.146. The van der Waals surface area contributed by atoms with E-state index in [4.69, 9.17) is 16.6 Å². The minimum atomic E-state index is -1.17. The van der Waals surface area contributed by atoms with Gasteiger partial charge in [-0.1, -0.05) is 0 Å². The molecule has 5 N–H and O–H groups in total. The molecule has 0 aliphatic rings. The van der Waals surface area contributed by atoms with Crippen molar-refractivity contribution < 1.29 is 14.7 Å². The quantitative estimate of drug-likeness (QED) is 0.325. The summed E-state index contributed by atoms with van der Waals surface area (Å²) in [6.45, 7) is 0.155. The number of carbonyl (C=O) groups excluding carboxylic acids is 1. The van der Waals surface area contributed by atoms with E-state index in [1.165, 1.54) is 0 Å². The standard InChI is InChI=1S/C7H14N2O3S/c8-2-1-4(7(11)12)6(10)5(9)3-13/h4-5,13H,1-3,8-9H2,(H,11,12)/t4?,5-/m1/s1. The average molecular weight is 206 g/mol. The van der Waals surface area contributed by atoms with Gasteiger partial charge in [-0.05, 0) is 13.0 Å². The predicted octanol–water partition coefficient (Wildman–Crippen LogP) is -1.14. The normalized spacial score (nSPS) is 15.0. The highest BCUT2D eigenvalue weighted by Crippen LogP contribution is 2.06. The van der Waals surface area contributed by atoms with Gasteiger partial charge < -0.3 is 16.6 Å². The van der Waals surface area contributed by atoms with Crippen LogP contribution in [0.1, 0.15) is 6.42 Å². The lowest BCUT2D eigenvalue weighted by atomic mass is 9.96. The number of hydrogen-bond donors (Lipinski definition) is 4. The van der Waals surface area contributed by atoms with Gasteiger partial charge in [-0.25, -0.2) is 0 Å². The van der Waals surface area contributed by atoms with E-state index in [-0.39, 0.29) is 18.7 Å². The van der Waals surface area contributed by atoms with Crippen molar-refractivity contribution in [3.8, 4) is 0 Å². The number of carboxylic acids is 1. The van der Waals surface area contributed by atoms with E-state index in [2.05, 4.69) is 12.6 Å². The maximum atomic E-state index is 11.3. The maximum Gasteiger partial charge on any atom is 0.314 e. The van der Waals surface area contributed by atoms with Crippen LogP contribution < -0.4 is 11.5 Å². The zero-order chi connectivity index (χ0) is 10.4. The van der Waals surface area contributed by atoms with E-state index in [0.29, 0.717) is 0 Å². The Morgan fingerprint density at radius 2 is 2.00 bits per heavy atom. The second kappa shape index (κ2) is 5.95. The summed E-state index contributed by atoms with van der Waals surface area (Å²) in [4.78, 5) is 21.9. The van der Waals surface area contributed by atoms with Crippen LogP contribution >= 0.6 is 12.6 Å². The number of ketones is 1. The predicted molar refractivity (Wildman–Crippen MR) is 51.6 cm³/mol. The molecular formula is C7H14N2O3S. The number of Topliss-reactive ketones (excluding diaryl/α,β-unsaturated/α-hetero) is 1. The van der Waals surface area contributed by atoms with Gasteiger partial charge in [-0.15, -0.1) is 0 Å². The largest absolute Gasteiger partial charge is 0.481 e. The number of thiol groups is 1. The molecular weight excluding hydrogens is 192 g/mol. The van der Waals surface area contributed by atoms with E-state index < -0.39 is 23.7 Å². The Morgan fingerprint density at radius 1 is 1.46 bits per heavy atom. The average Bonchev–Trinajstić information content (AvgIpc) is 2.11. The fourth-order valence-electron chi connectivity index (χ4n) is 0.902. The van der Waals surface area contributed by atoms with E-state index in [9.17, 15) is 9.59 Å². The Hall–Kier alpha value is -0.590. The third-order valence-electron chi connectivity index (χ3n) is 1.66. The second-order valence-corrected chi connectivity index (χ2v) is 3.02. The number of carboxylic acid groups (broad SMARTS) is 1. The molecule has 0 fully saturated rings. The van der Waals surface area contributed by atoms with Crippen LogP contribution in [0.5, 0.6) is 0 Å². The van der Waals surface area contributed by atoms with Crippen LogP contribution in [-0.2, 0) is 9.59 Å². The molecule has 0 bridgehead atoms. The molecule has 0 saturated heterocycles. The molecule has 5 nitrogen and oxygen atoms in total. The fraction of sp³-hybridized carbons (Fsp3) is 0.714. The van der Waals surface area contributed by atoms with Gasteiger partial charge in [0.25, 0.3) is 0 Å². The molecule has 13 heavy (non-hydrogen) atoms. The molecule has 2 atom stereocenters. The fourth-order valence-corrected chi connectivity index (χ4v) is 1.08. The number of hydrogen-bond acceptors (Lipinski definition) is 5. The molecule has 0 radical (unpaired) electrons. The first-order valence-electron chi connectivity index (χ1n) is 3.87. The van der Waals surface area contributed by atoms with Gasteiger partial charge >= 0.3 is 5.97 Å². The molecule has 0 aliphatic carbocycles. The summed E-state index contributed by atoms with van der Waals surface area (Å²) in [7, 11) is 0. The lowest BCUT2D eigenvalue weighted by Gasteiger charge is -2.13. The van der Waals surface area contributed by atoms with Gasteiger partial charge in [0, 0.05) is 5.75 Å². The van der Waals surface area contributed by atoms with E-state index in [0.717, 1.165) is 0 Å². The van der Waals surface area contributed by atoms with Gasteiger partial charge in [-0.3, -0.25) is 9.59 Å². The van der Waals surface area contributed by atoms with Gasteiger partial charge in [0.2, 0.25) is 0 Å². The van der Waals surface area contributed by atoms with Gasteiger partial charge in [0.15, 0.2) is 5.78 Å². The molecule has 0 amide bonds. The van der Waals surface area contributed by atoms with Crippen molar-refractivity contribution in [1.82, 2.24) is 0 Å². The summed E-state index contributed by atoms with van der Waals surface area (Å²) < 4.78 is 0. The minimum absolute atomic E-state index is 0.121. The zero-order valence-corrected chi connectivity index (χ0v) is 8.04. The maximum absolute atomic E-state index is 11.3. The number of nitrogens with two attached hydrogens (primary N) is 2. The first kappa shape index (κ1) is 12.4. The van der Waals surface area contributed by atoms with E-state index in [1.807, 2.05) is 0 Å². The highest BCUT2D eigenvalue weighted by molar-refractivity contribution is 7.80. The summed E-state index contributed by atoms with van der Waals surface area (Å²) in [5.41, 5.74) is 10.5. The summed E-state index contributed by atoms with van der Waals surface area (Å²) in [5, 5.41) is 8.66. The van der Waals surface area contributed by atoms with Crippen LogP contribution in [0.2, 0.25) is 0 Å². The van der Waals surface area contributed by atoms with Crippen molar-refractivity contribution >= 4 is 24.4 Å². The summed E-state index contributed by atoms with van der Waals surface area (Å²) in [6, 6.07) is -0.823. The van der Waals surface area contributed by atoms with Crippen molar-refractivity contribution in [3.05, 3.63) is 0 Å².